The summed E-state index contributed by atoms with van der Waals surface area (Å²) in [6.07, 6.45) is 3.19. The highest BCUT2D eigenvalue weighted by Gasteiger charge is 2.41. The normalized spacial score (nSPS) is 25.4. The molecule has 0 bridgehead atoms. The zero-order valence-electron chi connectivity index (χ0n) is 15.2. The molecule has 1 N–H and O–H groups in total. The van der Waals surface area contributed by atoms with Gasteiger partial charge in [-0.15, -0.1) is 0 Å². The number of rotatable bonds is 5. The van der Waals surface area contributed by atoms with E-state index >= 15 is 0 Å². The number of aromatic hydroxyl groups is 1. The van der Waals surface area contributed by atoms with Gasteiger partial charge in [-0.25, -0.2) is 4.39 Å². The van der Waals surface area contributed by atoms with Crippen LogP contribution in [0.3, 0.4) is 0 Å². The number of aryl methyl sites for hydroxylation is 1. The minimum absolute atomic E-state index is 0.139. The topological polar surface area (TPSA) is 32.7 Å². The lowest BCUT2D eigenvalue weighted by molar-refractivity contribution is 0.178. The molecule has 2 aromatic carbocycles. The predicted molar refractivity (Wildman–Crippen MR) is 100 cm³/mol. The van der Waals surface area contributed by atoms with Gasteiger partial charge in [0.2, 0.25) is 0 Å². The number of hydrogen-bond donors (Lipinski definition) is 1. The Morgan fingerprint density at radius 2 is 1.77 bits per heavy atom. The fourth-order valence-electron chi connectivity index (χ4n) is 4.46. The molecule has 1 saturated heterocycles. The SMILES string of the molecule is Cc1cccc(OC2C[C@@H]3CN(CCc4ccc(O)cc4)C[C@@H]3C2)c1F. The molecule has 2 aliphatic rings. The molecule has 0 spiro atoms. The Morgan fingerprint density at radius 1 is 1.08 bits per heavy atom. The molecule has 2 fully saturated rings. The average molecular weight is 355 g/mol. The van der Waals surface area contributed by atoms with Crippen LogP contribution >= 0.6 is 0 Å². The Balaban J connectivity index is 1.27. The van der Waals surface area contributed by atoms with Gasteiger partial charge in [0, 0.05) is 19.6 Å². The molecule has 4 heteroatoms. The number of phenols is 1. The number of halogens is 1. The van der Waals surface area contributed by atoms with Gasteiger partial charge < -0.3 is 14.7 Å². The van der Waals surface area contributed by atoms with E-state index in [9.17, 15) is 9.50 Å². The quantitative estimate of drug-likeness (QED) is 0.874. The predicted octanol–water partition coefficient (Wildman–Crippen LogP) is 4.17. The number of nitrogens with zero attached hydrogens (tertiary/aromatic N) is 1. The lowest BCUT2D eigenvalue weighted by Crippen LogP contribution is -2.26. The Bertz CT molecular complexity index is 747. The third kappa shape index (κ3) is 3.70. The van der Waals surface area contributed by atoms with Crippen LogP contribution in [0, 0.1) is 24.6 Å². The molecule has 138 valence electrons. The average Bonchev–Trinajstić information content (AvgIpc) is 3.16. The van der Waals surface area contributed by atoms with Gasteiger partial charge in [-0.3, -0.25) is 0 Å². The van der Waals surface area contributed by atoms with E-state index in [0.29, 0.717) is 28.9 Å². The van der Waals surface area contributed by atoms with Crippen molar-refractivity contribution in [2.24, 2.45) is 11.8 Å². The van der Waals surface area contributed by atoms with E-state index in [2.05, 4.69) is 4.90 Å². The first-order chi connectivity index (χ1) is 12.6. The van der Waals surface area contributed by atoms with Crippen LogP contribution in [0.5, 0.6) is 11.5 Å². The van der Waals surface area contributed by atoms with Gasteiger partial charge in [-0.05, 0) is 67.3 Å². The second kappa shape index (κ2) is 7.28. The second-order valence-corrected chi connectivity index (χ2v) is 7.79. The summed E-state index contributed by atoms with van der Waals surface area (Å²) >= 11 is 0. The van der Waals surface area contributed by atoms with Crippen molar-refractivity contribution in [2.45, 2.75) is 32.3 Å². The summed E-state index contributed by atoms with van der Waals surface area (Å²) in [5.41, 5.74) is 1.90. The van der Waals surface area contributed by atoms with Crippen LogP contribution in [0.1, 0.15) is 24.0 Å². The van der Waals surface area contributed by atoms with E-state index in [4.69, 9.17) is 4.74 Å². The van der Waals surface area contributed by atoms with Crippen molar-refractivity contribution in [2.75, 3.05) is 19.6 Å². The van der Waals surface area contributed by atoms with E-state index in [-0.39, 0.29) is 11.9 Å². The van der Waals surface area contributed by atoms with Crippen LogP contribution in [0.15, 0.2) is 42.5 Å². The lowest BCUT2D eigenvalue weighted by atomic mass is 10.0. The van der Waals surface area contributed by atoms with E-state index in [1.54, 1.807) is 31.2 Å². The summed E-state index contributed by atoms with van der Waals surface area (Å²) < 4.78 is 20.1. The Labute approximate surface area is 154 Å². The van der Waals surface area contributed by atoms with Crippen molar-refractivity contribution in [1.82, 2.24) is 4.90 Å². The molecule has 1 aliphatic heterocycles. The first kappa shape index (κ1) is 17.3. The summed E-state index contributed by atoms with van der Waals surface area (Å²) in [6.45, 7) is 5.05. The lowest BCUT2D eigenvalue weighted by Gasteiger charge is -2.20. The number of likely N-dealkylation sites (tertiary alicyclic amines) is 1. The molecule has 3 nitrogen and oxygen atoms in total. The van der Waals surface area contributed by atoms with Gasteiger partial charge in [0.25, 0.3) is 0 Å². The van der Waals surface area contributed by atoms with Crippen molar-refractivity contribution < 1.29 is 14.2 Å². The molecule has 0 radical (unpaired) electrons. The zero-order valence-corrected chi connectivity index (χ0v) is 15.2. The van der Waals surface area contributed by atoms with Gasteiger partial charge in [0.05, 0.1) is 6.10 Å². The van der Waals surface area contributed by atoms with Gasteiger partial charge in [0.15, 0.2) is 11.6 Å². The number of benzene rings is 2. The monoisotopic (exact) mass is 355 g/mol. The number of hydrogen-bond acceptors (Lipinski definition) is 3. The van der Waals surface area contributed by atoms with Crippen LogP contribution in [0.2, 0.25) is 0 Å². The molecule has 1 unspecified atom stereocenters. The van der Waals surface area contributed by atoms with Crippen LogP contribution in [-0.4, -0.2) is 35.7 Å². The van der Waals surface area contributed by atoms with E-state index in [1.165, 1.54) is 5.56 Å². The molecule has 0 amide bonds. The van der Waals surface area contributed by atoms with Crippen LogP contribution in [0.4, 0.5) is 4.39 Å². The molecule has 4 rings (SSSR count). The summed E-state index contributed by atoms with van der Waals surface area (Å²) in [5.74, 6) is 1.82. The Kier molecular flexibility index (Phi) is 4.86. The fourth-order valence-corrected chi connectivity index (χ4v) is 4.46. The molecular formula is C22H26FNO2. The Hall–Kier alpha value is -2.07. The summed E-state index contributed by atoms with van der Waals surface area (Å²) in [5, 5.41) is 9.36. The minimum atomic E-state index is -0.222. The van der Waals surface area contributed by atoms with Crippen molar-refractivity contribution in [3.63, 3.8) is 0 Å². The highest BCUT2D eigenvalue weighted by atomic mass is 19.1. The molecule has 1 heterocycles. The molecule has 1 aliphatic carbocycles. The van der Waals surface area contributed by atoms with E-state index < -0.39 is 0 Å². The standard InChI is InChI=1S/C22H26FNO2/c1-15-3-2-4-21(22(15)23)26-20-11-17-13-24(14-18(17)12-20)10-9-16-5-7-19(25)8-6-16/h2-8,17-18,20,25H,9-14H2,1H3/t17-,18+,20?. The molecule has 3 atom stereocenters. The minimum Gasteiger partial charge on any atom is -0.508 e. The molecule has 0 aromatic heterocycles. The maximum atomic E-state index is 14.1. The molecule has 2 aromatic rings. The Morgan fingerprint density at radius 3 is 2.46 bits per heavy atom. The number of fused-ring (bicyclic) bond motifs is 1. The van der Waals surface area contributed by atoms with Crippen molar-refractivity contribution in [1.29, 1.82) is 0 Å². The maximum absolute atomic E-state index is 14.1. The zero-order chi connectivity index (χ0) is 18.1. The molecular weight excluding hydrogens is 329 g/mol. The highest BCUT2D eigenvalue weighted by Crippen LogP contribution is 2.40. The highest BCUT2D eigenvalue weighted by molar-refractivity contribution is 5.30. The summed E-state index contributed by atoms with van der Waals surface area (Å²) in [7, 11) is 0. The van der Waals surface area contributed by atoms with Crippen molar-refractivity contribution in [3.05, 3.63) is 59.4 Å². The summed E-state index contributed by atoms with van der Waals surface area (Å²) in [4.78, 5) is 2.53. The number of ether oxygens (including phenoxy) is 1. The second-order valence-electron chi connectivity index (χ2n) is 7.79. The maximum Gasteiger partial charge on any atom is 0.167 e. The molecule has 1 saturated carbocycles. The third-order valence-electron chi connectivity index (χ3n) is 5.89. The summed E-state index contributed by atoms with van der Waals surface area (Å²) in [6, 6.07) is 12.9. The van der Waals surface area contributed by atoms with Gasteiger partial charge in [-0.1, -0.05) is 24.3 Å². The van der Waals surface area contributed by atoms with Crippen LogP contribution in [0.25, 0.3) is 0 Å². The van der Waals surface area contributed by atoms with Crippen molar-refractivity contribution >= 4 is 0 Å². The smallest absolute Gasteiger partial charge is 0.167 e. The van der Waals surface area contributed by atoms with Gasteiger partial charge in [-0.2, -0.15) is 0 Å². The van der Waals surface area contributed by atoms with Gasteiger partial charge >= 0.3 is 0 Å². The first-order valence-corrected chi connectivity index (χ1v) is 9.50. The van der Waals surface area contributed by atoms with Crippen LogP contribution in [-0.2, 0) is 6.42 Å². The van der Waals surface area contributed by atoms with E-state index in [1.807, 2.05) is 18.2 Å². The number of phenolic OH excluding ortho intramolecular Hbond substituents is 1. The largest absolute Gasteiger partial charge is 0.508 e. The fraction of sp³-hybridized carbons (Fsp3) is 0.455. The van der Waals surface area contributed by atoms with Crippen LogP contribution < -0.4 is 4.74 Å². The molecule has 26 heavy (non-hydrogen) atoms. The van der Waals surface area contributed by atoms with Crippen molar-refractivity contribution in [3.8, 4) is 11.5 Å². The van der Waals surface area contributed by atoms with Gasteiger partial charge in [0.1, 0.15) is 5.75 Å². The van der Waals surface area contributed by atoms with E-state index in [0.717, 1.165) is 38.9 Å². The third-order valence-corrected chi connectivity index (χ3v) is 5.89. The first-order valence-electron chi connectivity index (χ1n) is 9.50.